The predicted molar refractivity (Wildman–Crippen MR) is 111 cm³/mol. The first-order valence-electron chi connectivity index (χ1n) is 9.60. The zero-order valence-corrected chi connectivity index (χ0v) is 16.9. The van der Waals surface area contributed by atoms with Crippen molar-refractivity contribution in [3.63, 3.8) is 0 Å². The van der Waals surface area contributed by atoms with Crippen LogP contribution in [0.4, 0.5) is 0 Å². The topological polar surface area (TPSA) is 56.1 Å². The minimum atomic E-state index is -0.0856. The third-order valence-electron chi connectivity index (χ3n) is 4.69. The smallest absolute Gasteiger partial charge is 0.251 e. The van der Waals surface area contributed by atoms with Crippen LogP contribution in [0.25, 0.3) is 0 Å². The molecule has 5 heteroatoms. The molecule has 1 unspecified atom stereocenters. The van der Waals surface area contributed by atoms with Crippen molar-refractivity contribution >= 4 is 5.91 Å². The van der Waals surface area contributed by atoms with Crippen LogP contribution < -0.4 is 10.1 Å². The van der Waals surface area contributed by atoms with Gasteiger partial charge < -0.3 is 10.1 Å². The molecule has 28 heavy (non-hydrogen) atoms. The van der Waals surface area contributed by atoms with Gasteiger partial charge in [-0.15, -0.1) is 0 Å². The molecule has 0 fully saturated rings. The first-order valence-corrected chi connectivity index (χ1v) is 9.60. The number of aromatic nitrogens is 2. The fraction of sp³-hybridized carbons (Fsp3) is 0.304. The van der Waals surface area contributed by atoms with E-state index in [1.165, 1.54) is 0 Å². The number of carbonyl (C=O) groups excluding carboxylic acids is 1. The lowest BCUT2D eigenvalue weighted by Gasteiger charge is -2.15. The Labute approximate surface area is 166 Å². The van der Waals surface area contributed by atoms with Gasteiger partial charge in [0.2, 0.25) is 0 Å². The molecule has 0 aliphatic carbocycles. The number of carbonyl (C=O) groups is 1. The number of hydrogen-bond donors (Lipinski definition) is 1. The van der Waals surface area contributed by atoms with Gasteiger partial charge in [-0.2, -0.15) is 5.10 Å². The summed E-state index contributed by atoms with van der Waals surface area (Å²) in [4.78, 5) is 12.6. The quantitative estimate of drug-likeness (QED) is 0.662. The summed E-state index contributed by atoms with van der Waals surface area (Å²) in [5.41, 5.74) is 4.94. The van der Waals surface area contributed by atoms with Crippen molar-refractivity contribution < 1.29 is 9.53 Å². The number of aryl methyl sites for hydroxylation is 2. The van der Waals surface area contributed by atoms with Gasteiger partial charge in [0, 0.05) is 11.3 Å². The van der Waals surface area contributed by atoms with Crippen LogP contribution in [0.3, 0.4) is 0 Å². The van der Waals surface area contributed by atoms with Crippen LogP contribution in [-0.2, 0) is 6.54 Å². The van der Waals surface area contributed by atoms with E-state index >= 15 is 0 Å². The molecule has 1 aromatic heterocycles. The molecule has 0 aliphatic rings. The highest BCUT2D eigenvalue weighted by Crippen LogP contribution is 2.18. The molecule has 1 N–H and O–H groups in total. The Hall–Kier alpha value is -3.08. The standard InChI is InChI=1S/C23H27N3O2/c1-5-28-22-12-10-20(11-13-22)18(4)24-23(27)21-8-6-19(7-9-21)15-26-17(3)14-16(2)25-26/h6-14,18H,5,15H2,1-4H3,(H,24,27). The van der Waals surface area contributed by atoms with Gasteiger partial charge in [0.15, 0.2) is 0 Å². The third kappa shape index (κ3) is 4.80. The van der Waals surface area contributed by atoms with Crippen molar-refractivity contribution in [1.29, 1.82) is 0 Å². The van der Waals surface area contributed by atoms with E-state index < -0.39 is 0 Å². The maximum atomic E-state index is 12.6. The Morgan fingerprint density at radius 2 is 1.79 bits per heavy atom. The van der Waals surface area contributed by atoms with Gasteiger partial charge in [-0.1, -0.05) is 24.3 Å². The zero-order valence-electron chi connectivity index (χ0n) is 16.9. The molecule has 5 nitrogen and oxygen atoms in total. The second kappa shape index (κ2) is 8.74. The summed E-state index contributed by atoms with van der Waals surface area (Å²) in [5, 5.41) is 7.53. The zero-order chi connectivity index (χ0) is 20.1. The molecule has 0 spiro atoms. The van der Waals surface area contributed by atoms with Crippen molar-refractivity contribution in [2.24, 2.45) is 0 Å². The number of rotatable bonds is 7. The van der Waals surface area contributed by atoms with Crippen molar-refractivity contribution in [2.75, 3.05) is 6.61 Å². The Morgan fingerprint density at radius 1 is 1.11 bits per heavy atom. The molecule has 0 saturated carbocycles. The molecule has 0 radical (unpaired) electrons. The normalized spacial score (nSPS) is 11.9. The van der Waals surface area contributed by atoms with Crippen molar-refractivity contribution in [1.82, 2.24) is 15.1 Å². The fourth-order valence-corrected chi connectivity index (χ4v) is 3.15. The molecule has 1 amide bonds. The molecule has 0 saturated heterocycles. The van der Waals surface area contributed by atoms with E-state index in [1.54, 1.807) is 0 Å². The van der Waals surface area contributed by atoms with E-state index in [1.807, 2.05) is 80.9 Å². The fourth-order valence-electron chi connectivity index (χ4n) is 3.15. The lowest BCUT2D eigenvalue weighted by Crippen LogP contribution is -2.26. The Bertz CT molecular complexity index is 927. The van der Waals surface area contributed by atoms with Crippen LogP contribution in [0.5, 0.6) is 5.75 Å². The lowest BCUT2D eigenvalue weighted by atomic mass is 10.1. The van der Waals surface area contributed by atoms with E-state index in [0.29, 0.717) is 18.7 Å². The van der Waals surface area contributed by atoms with Crippen LogP contribution in [-0.4, -0.2) is 22.3 Å². The Balaban J connectivity index is 1.61. The molecule has 0 bridgehead atoms. The number of nitrogens with one attached hydrogen (secondary N) is 1. The number of amides is 1. The first-order chi connectivity index (χ1) is 13.5. The number of ether oxygens (including phenoxy) is 1. The minimum absolute atomic E-state index is 0.0842. The maximum absolute atomic E-state index is 12.6. The molecular formula is C23H27N3O2. The molecule has 2 aromatic carbocycles. The van der Waals surface area contributed by atoms with E-state index in [4.69, 9.17) is 4.74 Å². The van der Waals surface area contributed by atoms with E-state index in [0.717, 1.165) is 28.3 Å². The highest BCUT2D eigenvalue weighted by atomic mass is 16.5. The summed E-state index contributed by atoms with van der Waals surface area (Å²) >= 11 is 0. The van der Waals surface area contributed by atoms with Crippen LogP contribution >= 0.6 is 0 Å². The number of nitrogens with zero attached hydrogens (tertiary/aromatic N) is 2. The second-order valence-electron chi connectivity index (χ2n) is 6.98. The van der Waals surface area contributed by atoms with Crippen LogP contribution in [0.2, 0.25) is 0 Å². The van der Waals surface area contributed by atoms with Gasteiger partial charge in [0.05, 0.1) is 24.9 Å². The van der Waals surface area contributed by atoms with Gasteiger partial charge in [-0.25, -0.2) is 0 Å². The molecule has 3 rings (SSSR count). The first kappa shape index (κ1) is 19.7. The average Bonchev–Trinajstić information content (AvgIpc) is 3.00. The van der Waals surface area contributed by atoms with E-state index in [2.05, 4.69) is 16.5 Å². The van der Waals surface area contributed by atoms with E-state index in [9.17, 15) is 4.79 Å². The Kier molecular flexibility index (Phi) is 6.14. The second-order valence-corrected chi connectivity index (χ2v) is 6.98. The molecule has 3 aromatic rings. The minimum Gasteiger partial charge on any atom is -0.494 e. The summed E-state index contributed by atoms with van der Waals surface area (Å²) < 4.78 is 7.43. The van der Waals surface area contributed by atoms with Gasteiger partial charge in [0.25, 0.3) is 5.91 Å². The van der Waals surface area contributed by atoms with Crippen LogP contribution in [0.1, 0.15) is 52.8 Å². The molecule has 146 valence electrons. The molecule has 0 aliphatic heterocycles. The van der Waals surface area contributed by atoms with Gasteiger partial charge in [0.1, 0.15) is 5.75 Å². The van der Waals surface area contributed by atoms with Crippen molar-refractivity contribution in [2.45, 2.75) is 40.3 Å². The average molecular weight is 377 g/mol. The number of benzene rings is 2. The van der Waals surface area contributed by atoms with Gasteiger partial charge >= 0.3 is 0 Å². The highest BCUT2D eigenvalue weighted by molar-refractivity contribution is 5.94. The maximum Gasteiger partial charge on any atom is 0.251 e. The molecule has 1 atom stereocenters. The van der Waals surface area contributed by atoms with E-state index in [-0.39, 0.29) is 11.9 Å². The third-order valence-corrected chi connectivity index (χ3v) is 4.69. The van der Waals surface area contributed by atoms with Crippen LogP contribution in [0.15, 0.2) is 54.6 Å². The molecule has 1 heterocycles. The Morgan fingerprint density at radius 3 is 2.36 bits per heavy atom. The van der Waals surface area contributed by atoms with Crippen molar-refractivity contribution in [3.8, 4) is 5.75 Å². The highest BCUT2D eigenvalue weighted by Gasteiger charge is 2.12. The summed E-state index contributed by atoms with van der Waals surface area (Å²) in [6.07, 6.45) is 0. The SMILES string of the molecule is CCOc1ccc(C(C)NC(=O)c2ccc(Cn3nc(C)cc3C)cc2)cc1. The lowest BCUT2D eigenvalue weighted by molar-refractivity contribution is 0.0940. The largest absolute Gasteiger partial charge is 0.494 e. The summed E-state index contributed by atoms with van der Waals surface area (Å²) in [6.45, 7) is 9.31. The monoisotopic (exact) mass is 377 g/mol. The van der Waals surface area contributed by atoms with Crippen LogP contribution in [0, 0.1) is 13.8 Å². The van der Waals surface area contributed by atoms with Gasteiger partial charge in [-0.3, -0.25) is 9.48 Å². The predicted octanol–water partition coefficient (Wildman–Crippen LogP) is 4.44. The van der Waals surface area contributed by atoms with Crippen molar-refractivity contribution in [3.05, 3.63) is 82.7 Å². The number of hydrogen-bond acceptors (Lipinski definition) is 3. The van der Waals surface area contributed by atoms with Gasteiger partial charge in [-0.05, 0) is 69.2 Å². The summed E-state index contributed by atoms with van der Waals surface area (Å²) in [5.74, 6) is 0.752. The summed E-state index contributed by atoms with van der Waals surface area (Å²) in [7, 11) is 0. The summed E-state index contributed by atoms with van der Waals surface area (Å²) in [6, 6.07) is 17.5. The molecular weight excluding hydrogens is 350 g/mol.